The highest BCUT2D eigenvalue weighted by molar-refractivity contribution is 7.99. The van der Waals surface area contributed by atoms with Gasteiger partial charge in [0.25, 0.3) is 5.69 Å². The minimum atomic E-state index is -0.516. The smallest absolute Gasteiger partial charge is 0.273 e. The van der Waals surface area contributed by atoms with Crippen LogP contribution in [0.1, 0.15) is 19.4 Å². The number of aromatic nitrogens is 3. The summed E-state index contributed by atoms with van der Waals surface area (Å²) in [7, 11) is 1.39. The zero-order valence-corrected chi connectivity index (χ0v) is 18.1. The first kappa shape index (κ1) is 20.9. The number of nitro benzene ring substituents is 1. The van der Waals surface area contributed by atoms with Crippen molar-refractivity contribution in [3.63, 3.8) is 0 Å². The van der Waals surface area contributed by atoms with E-state index in [0.29, 0.717) is 10.8 Å². The standard InChI is InChI=1S/C21H21N5O4S/c1-21(2)11-13-6-4-5-7-15(13)19-23-24-20(25(19)21)31-12-18(27)22-16-9-8-14(26(28)29)10-17(16)30-3/h4-10H,11-12H2,1-3H3,(H,22,27). The van der Waals surface area contributed by atoms with Gasteiger partial charge in [0.1, 0.15) is 5.75 Å². The molecular weight excluding hydrogens is 418 g/mol. The van der Waals surface area contributed by atoms with Crippen LogP contribution in [0.3, 0.4) is 0 Å². The molecule has 160 valence electrons. The van der Waals surface area contributed by atoms with Crippen LogP contribution in [0, 0.1) is 10.1 Å². The number of methoxy groups -OCH3 is 1. The van der Waals surface area contributed by atoms with Crippen molar-refractivity contribution in [1.29, 1.82) is 0 Å². The van der Waals surface area contributed by atoms with Gasteiger partial charge < -0.3 is 10.1 Å². The van der Waals surface area contributed by atoms with Gasteiger partial charge in [-0.15, -0.1) is 10.2 Å². The average molecular weight is 439 g/mol. The number of fused-ring (bicyclic) bond motifs is 3. The van der Waals surface area contributed by atoms with Crippen molar-refractivity contribution >= 4 is 29.0 Å². The fourth-order valence-electron chi connectivity index (χ4n) is 3.73. The number of carbonyl (C=O) groups is 1. The lowest BCUT2D eigenvalue weighted by atomic mass is 9.87. The largest absolute Gasteiger partial charge is 0.494 e. The predicted molar refractivity (Wildman–Crippen MR) is 117 cm³/mol. The highest BCUT2D eigenvalue weighted by Crippen LogP contribution is 2.39. The van der Waals surface area contributed by atoms with Crippen LogP contribution in [0.5, 0.6) is 5.75 Å². The fraction of sp³-hybridized carbons (Fsp3) is 0.286. The number of ether oxygens (including phenoxy) is 1. The van der Waals surface area contributed by atoms with E-state index in [1.165, 1.54) is 42.6 Å². The molecule has 2 heterocycles. The summed E-state index contributed by atoms with van der Waals surface area (Å²) in [5.74, 6) is 0.858. The van der Waals surface area contributed by atoms with Crippen molar-refractivity contribution in [2.45, 2.75) is 31.0 Å². The summed E-state index contributed by atoms with van der Waals surface area (Å²) in [6.07, 6.45) is 0.841. The second-order valence-corrected chi connectivity index (χ2v) is 8.71. The number of hydrogen-bond donors (Lipinski definition) is 1. The number of nitrogens with zero attached hydrogens (tertiary/aromatic N) is 4. The molecule has 2 aromatic carbocycles. The summed E-state index contributed by atoms with van der Waals surface area (Å²) in [5, 5.41) is 23.1. The van der Waals surface area contributed by atoms with Crippen molar-refractivity contribution in [3.8, 4) is 17.1 Å². The Morgan fingerprint density at radius 1 is 1.29 bits per heavy atom. The van der Waals surface area contributed by atoms with Gasteiger partial charge in [-0.1, -0.05) is 36.0 Å². The molecule has 31 heavy (non-hydrogen) atoms. The Morgan fingerprint density at radius 3 is 2.81 bits per heavy atom. The predicted octanol–water partition coefficient (Wildman–Crippen LogP) is 3.88. The number of hydrogen-bond acceptors (Lipinski definition) is 7. The summed E-state index contributed by atoms with van der Waals surface area (Å²) < 4.78 is 7.25. The van der Waals surface area contributed by atoms with E-state index in [-0.39, 0.29) is 28.6 Å². The quantitative estimate of drug-likeness (QED) is 0.352. The van der Waals surface area contributed by atoms with Crippen LogP contribution >= 0.6 is 11.8 Å². The van der Waals surface area contributed by atoms with Gasteiger partial charge in [0.2, 0.25) is 5.91 Å². The Labute approximate surface area is 183 Å². The van der Waals surface area contributed by atoms with E-state index < -0.39 is 4.92 Å². The van der Waals surface area contributed by atoms with Gasteiger partial charge in [0, 0.05) is 17.2 Å². The van der Waals surface area contributed by atoms with E-state index in [1.54, 1.807) is 0 Å². The molecule has 0 spiro atoms. The third-order valence-electron chi connectivity index (χ3n) is 5.12. The average Bonchev–Trinajstić information content (AvgIpc) is 3.18. The first-order valence-corrected chi connectivity index (χ1v) is 10.6. The number of nitrogens with one attached hydrogen (secondary N) is 1. The summed E-state index contributed by atoms with van der Waals surface area (Å²) in [6.45, 7) is 4.25. The SMILES string of the molecule is COc1cc([N+](=O)[O-])ccc1NC(=O)CSc1nnc2n1C(C)(C)Cc1ccccc1-2. The van der Waals surface area contributed by atoms with Crippen molar-refractivity contribution < 1.29 is 14.5 Å². The molecule has 0 saturated carbocycles. The van der Waals surface area contributed by atoms with Gasteiger partial charge in [-0.25, -0.2) is 0 Å². The van der Waals surface area contributed by atoms with Crippen molar-refractivity contribution in [1.82, 2.24) is 14.8 Å². The number of nitro groups is 1. The Balaban J connectivity index is 1.51. The first-order valence-electron chi connectivity index (χ1n) is 9.59. The summed E-state index contributed by atoms with van der Waals surface area (Å²) >= 11 is 1.30. The molecule has 0 radical (unpaired) electrons. The molecule has 0 fully saturated rings. The summed E-state index contributed by atoms with van der Waals surface area (Å²) in [5.41, 5.74) is 2.32. The number of rotatable bonds is 6. The van der Waals surface area contributed by atoms with Crippen LogP contribution in [0.4, 0.5) is 11.4 Å². The molecule has 9 nitrogen and oxygen atoms in total. The van der Waals surface area contributed by atoms with E-state index in [4.69, 9.17) is 4.74 Å². The monoisotopic (exact) mass is 439 g/mol. The molecule has 0 saturated heterocycles. The van der Waals surface area contributed by atoms with Gasteiger partial charge in [0.15, 0.2) is 11.0 Å². The molecule has 1 aliphatic heterocycles. The minimum Gasteiger partial charge on any atom is -0.494 e. The highest BCUT2D eigenvalue weighted by atomic mass is 32.2. The van der Waals surface area contributed by atoms with Crippen LogP contribution in [-0.4, -0.2) is 38.5 Å². The van der Waals surface area contributed by atoms with E-state index in [1.807, 2.05) is 18.2 Å². The lowest BCUT2D eigenvalue weighted by Gasteiger charge is -2.34. The van der Waals surface area contributed by atoms with Gasteiger partial charge in [-0.2, -0.15) is 0 Å². The topological polar surface area (TPSA) is 112 Å². The molecular formula is C21H21N5O4S. The number of thioether (sulfide) groups is 1. The Kier molecular flexibility index (Phi) is 5.40. The number of benzene rings is 2. The van der Waals surface area contributed by atoms with Crippen molar-refractivity contribution in [2.24, 2.45) is 0 Å². The number of carbonyl (C=O) groups excluding carboxylic acids is 1. The molecule has 0 aliphatic carbocycles. The summed E-state index contributed by atoms with van der Waals surface area (Å²) in [4.78, 5) is 23.0. The van der Waals surface area contributed by atoms with Crippen LogP contribution in [0.25, 0.3) is 11.4 Å². The Hall–Kier alpha value is -3.40. The lowest BCUT2D eigenvalue weighted by molar-refractivity contribution is -0.384. The molecule has 3 aromatic rings. The Bertz CT molecular complexity index is 1170. The molecule has 10 heteroatoms. The van der Waals surface area contributed by atoms with Gasteiger partial charge in [-0.3, -0.25) is 19.5 Å². The third-order valence-corrected chi connectivity index (χ3v) is 6.05. The second kappa shape index (κ2) is 8.03. The van der Waals surface area contributed by atoms with E-state index in [2.05, 4.69) is 40.0 Å². The molecule has 4 rings (SSSR count). The molecule has 0 bridgehead atoms. The van der Waals surface area contributed by atoms with Crippen LogP contribution in [-0.2, 0) is 16.8 Å². The van der Waals surface area contributed by atoms with Crippen LogP contribution in [0.2, 0.25) is 0 Å². The molecule has 0 unspecified atom stereocenters. The van der Waals surface area contributed by atoms with Gasteiger partial charge >= 0.3 is 0 Å². The number of non-ortho nitro benzene ring substituents is 1. The van der Waals surface area contributed by atoms with Crippen molar-refractivity contribution in [3.05, 3.63) is 58.1 Å². The van der Waals surface area contributed by atoms with E-state index >= 15 is 0 Å². The Morgan fingerprint density at radius 2 is 2.06 bits per heavy atom. The summed E-state index contributed by atoms with van der Waals surface area (Å²) in [6, 6.07) is 12.2. The molecule has 1 aromatic heterocycles. The zero-order valence-electron chi connectivity index (χ0n) is 17.3. The maximum absolute atomic E-state index is 12.5. The number of anilines is 1. The van der Waals surface area contributed by atoms with Gasteiger partial charge in [0.05, 0.1) is 29.5 Å². The van der Waals surface area contributed by atoms with Crippen LogP contribution in [0.15, 0.2) is 47.6 Å². The zero-order chi connectivity index (χ0) is 22.2. The second-order valence-electron chi connectivity index (χ2n) is 7.77. The lowest BCUT2D eigenvalue weighted by Crippen LogP contribution is -2.33. The minimum absolute atomic E-state index is 0.107. The molecule has 1 aliphatic rings. The normalized spacial score (nSPS) is 13.8. The first-order chi connectivity index (χ1) is 14.8. The fourth-order valence-corrected chi connectivity index (χ4v) is 4.63. The van der Waals surface area contributed by atoms with E-state index in [9.17, 15) is 14.9 Å². The van der Waals surface area contributed by atoms with Crippen LogP contribution < -0.4 is 10.1 Å². The van der Waals surface area contributed by atoms with Gasteiger partial charge in [-0.05, 0) is 31.9 Å². The number of amides is 1. The molecule has 1 N–H and O–H groups in total. The highest BCUT2D eigenvalue weighted by Gasteiger charge is 2.34. The van der Waals surface area contributed by atoms with E-state index in [0.717, 1.165) is 17.8 Å². The third kappa shape index (κ3) is 3.98. The van der Waals surface area contributed by atoms with Crippen molar-refractivity contribution in [2.75, 3.05) is 18.2 Å². The molecule has 0 atom stereocenters. The molecule has 1 amide bonds. The maximum Gasteiger partial charge on any atom is 0.273 e. The maximum atomic E-state index is 12.5.